The van der Waals surface area contributed by atoms with E-state index in [1.54, 1.807) is 93.0 Å². The number of aromatic amines is 1. The fourth-order valence-corrected chi connectivity index (χ4v) is 11.3. The molecule has 1 aliphatic heterocycles. The number of nitrogens with zero attached hydrogens (tertiary/aromatic N) is 3. The Kier molecular flexibility index (Phi) is 17.0. The van der Waals surface area contributed by atoms with Crippen molar-refractivity contribution in [3.8, 4) is 17.6 Å². The number of benzene rings is 3. The Hall–Kier alpha value is -4.84. The summed E-state index contributed by atoms with van der Waals surface area (Å²) < 4.78 is 126. The zero-order valence-corrected chi connectivity index (χ0v) is 37.5. The van der Waals surface area contributed by atoms with Crippen LogP contribution in [0.3, 0.4) is 0 Å². The van der Waals surface area contributed by atoms with Crippen molar-refractivity contribution in [2.45, 2.75) is 88.7 Å². The van der Waals surface area contributed by atoms with E-state index in [9.17, 15) is 46.1 Å². The first-order valence-electron chi connectivity index (χ1n) is 20.5. The van der Waals surface area contributed by atoms with Gasteiger partial charge in [-0.15, -0.1) is 0 Å². The van der Waals surface area contributed by atoms with E-state index in [1.807, 2.05) is 24.3 Å². The van der Waals surface area contributed by atoms with E-state index in [1.165, 1.54) is 14.2 Å². The van der Waals surface area contributed by atoms with Gasteiger partial charge in [-0.1, -0.05) is 0 Å². The number of alkyl halides is 6. The van der Waals surface area contributed by atoms with Gasteiger partial charge in [0.25, 0.3) is 0 Å². The van der Waals surface area contributed by atoms with Crippen molar-refractivity contribution >= 4 is 7.87 Å². The number of rotatable bonds is 21. The fourth-order valence-electron chi connectivity index (χ4n) is 8.05. The molecule has 0 radical (unpaired) electrons. The first-order chi connectivity index (χ1) is 30.7. The first kappa shape index (κ1) is 51.1. The van der Waals surface area contributed by atoms with Crippen LogP contribution in [0.4, 0.5) is 26.3 Å². The minimum atomic E-state index is -5.71. The number of nitrogens with one attached hydrogen (secondary N) is 1. The molecule has 4 aromatic rings. The molecule has 0 unspecified atom stereocenters. The van der Waals surface area contributed by atoms with E-state index in [0.29, 0.717) is 28.2 Å². The van der Waals surface area contributed by atoms with Crippen molar-refractivity contribution in [3.05, 3.63) is 129 Å². The van der Waals surface area contributed by atoms with E-state index in [2.05, 4.69) is 4.98 Å². The predicted molar refractivity (Wildman–Crippen MR) is 227 cm³/mol. The van der Waals surface area contributed by atoms with E-state index < -0.39 is 87.5 Å². The molecule has 2 heterocycles. The predicted octanol–water partition coefficient (Wildman–Crippen LogP) is 7.46. The Bertz CT molecular complexity index is 2220. The van der Waals surface area contributed by atoms with E-state index in [-0.39, 0.29) is 24.7 Å². The normalized spacial score (nSPS) is 18.7. The Morgan fingerprint density at radius 2 is 1.37 bits per heavy atom. The van der Waals surface area contributed by atoms with Crippen LogP contribution in [-0.4, -0.2) is 102 Å². The van der Waals surface area contributed by atoms with Gasteiger partial charge in [0.2, 0.25) is 0 Å². The third-order valence-corrected chi connectivity index (χ3v) is 14.3. The molecule has 0 saturated carbocycles. The fraction of sp³-hybridized carbons (Fsp3) is 0.477. The molecule has 3 aromatic carbocycles. The quantitative estimate of drug-likeness (QED) is 0.0279. The third-order valence-electron chi connectivity index (χ3n) is 10.9. The van der Waals surface area contributed by atoms with E-state index >= 15 is 0 Å². The standard InChI is InChI=1S/C44H53F6N4O10P/c1-28(2)54(29(3)4)65(57,24-10-22-51)64-38-35(63-40(53-23-21-37(55)52-41(53)56)39(38)61-27-60-26-36(43(45,46)47)44(48,49)50)25-62-42(30-11-8-7-9-12-30,31-13-17-33(58-5)18-14-31)32-15-19-34(59-6)20-16-32/h7-9,11-21,23,28-29,35-36,38-40,57,65H,10,24-27H2,1-6H3,(H,52,55,56)/t35-,38-,39-,40-/m1/s1. The van der Waals surface area contributed by atoms with Crippen LogP contribution in [0.15, 0.2) is 101 Å². The van der Waals surface area contributed by atoms with Crippen molar-refractivity contribution in [2.75, 3.05) is 40.4 Å². The molecular weight excluding hydrogens is 889 g/mol. The number of hydrogen-bond acceptors (Lipinski definition) is 12. The van der Waals surface area contributed by atoms with Crippen LogP contribution in [0.5, 0.6) is 11.5 Å². The number of halogens is 6. The van der Waals surface area contributed by atoms with Crippen molar-refractivity contribution in [2.24, 2.45) is 5.92 Å². The number of hydrogen-bond donors (Lipinski definition) is 2. The van der Waals surface area contributed by atoms with Crippen molar-refractivity contribution in [3.63, 3.8) is 0 Å². The van der Waals surface area contributed by atoms with Crippen LogP contribution >= 0.6 is 7.87 Å². The van der Waals surface area contributed by atoms with Crippen molar-refractivity contribution in [1.82, 2.24) is 14.2 Å². The SMILES string of the molecule is COc1ccc(C(OC[C@H]2O[C@@H](n3ccc(=O)[nH]c3=O)[C@H](OCOCC(C(F)(F)F)C(F)(F)F)[C@@H]2O[PH](O)(CCC#N)N(C(C)C)C(C)C)(c2ccccc2)c2ccc(OC)cc2)cc1. The van der Waals surface area contributed by atoms with Gasteiger partial charge in [0.1, 0.15) is 0 Å². The molecule has 14 nitrogen and oxygen atoms in total. The second-order valence-corrected chi connectivity index (χ2v) is 18.5. The monoisotopic (exact) mass is 942 g/mol. The molecule has 2 N–H and O–H groups in total. The summed E-state index contributed by atoms with van der Waals surface area (Å²) in [6.45, 7) is 3.63. The molecule has 0 spiro atoms. The number of ether oxygens (including phenoxy) is 6. The number of H-pyrrole nitrogens is 1. The third kappa shape index (κ3) is 12.0. The van der Waals surface area contributed by atoms with Crippen LogP contribution in [0.2, 0.25) is 0 Å². The van der Waals surface area contributed by atoms with Crippen LogP contribution in [0, 0.1) is 17.2 Å². The molecule has 21 heteroatoms. The molecule has 65 heavy (non-hydrogen) atoms. The maximum absolute atomic E-state index is 13.5. The van der Waals surface area contributed by atoms with Gasteiger partial charge in [0, 0.05) is 0 Å². The zero-order chi connectivity index (χ0) is 47.7. The van der Waals surface area contributed by atoms with Gasteiger partial charge in [-0.2, -0.15) is 0 Å². The molecule has 5 rings (SSSR count). The second kappa shape index (κ2) is 21.6. The molecule has 4 atom stereocenters. The van der Waals surface area contributed by atoms with Crippen LogP contribution < -0.4 is 20.7 Å². The Morgan fingerprint density at radius 3 is 1.85 bits per heavy atom. The molecule has 0 aliphatic carbocycles. The summed E-state index contributed by atoms with van der Waals surface area (Å²) in [4.78, 5) is 40.4. The molecule has 1 fully saturated rings. The average molecular weight is 943 g/mol. The molecule has 0 amide bonds. The van der Waals surface area contributed by atoms with Gasteiger partial charge in [0.15, 0.2) is 0 Å². The summed E-state index contributed by atoms with van der Waals surface area (Å²) in [6, 6.07) is 25.4. The molecular formula is C44H53F6N4O10P. The van der Waals surface area contributed by atoms with Crippen molar-refractivity contribution < 1.29 is 64.2 Å². The number of aromatic nitrogens is 2. The summed E-state index contributed by atoms with van der Waals surface area (Å²) in [5.41, 5.74) is -1.50. The van der Waals surface area contributed by atoms with Gasteiger partial charge >= 0.3 is 373 Å². The van der Waals surface area contributed by atoms with Gasteiger partial charge < -0.3 is 0 Å². The Morgan fingerprint density at radius 1 is 0.831 bits per heavy atom. The molecule has 1 aromatic heterocycles. The van der Waals surface area contributed by atoms with Crippen LogP contribution in [0.25, 0.3) is 0 Å². The first-order valence-corrected chi connectivity index (χ1v) is 22.5. The molecule has 1 aliphatic rings. The van der Waals surface area contributed by atoms with Gasteiger partial charge in [0.05, 0.1) is 0 Å². The maximum atomic E-state index is 13.5. The van der Waals surface area contributed by atoms with Gasteiger partial charge in [-0.25, -0.2) is 0 Å². The topological polar surface area (TPSA) is 167 Å². The summed E-state index contributed by atoms with van der Waals surface area (Å²) in [5, 5.41) is 9.72. The van der Waals surface area contributed by atoms with Crippen molar-refractivity contribution in [1.29, 1.82) is 5.26 Å². The molecule has 356 valence electrons. The summed E-state index contributed by atoms with van der Waals surface area (Å²) >= 11 is 0. The van der Waals surface area contributed by atoms with Gasteiger partial charge in [-0.05, 0) is 0 Å². The van der Waals surface area contributed by atoms with E-state index in [0.717, 1.165) is 16.8 Å². The Labute approximate surface area is 372 Å². The zero-order valence-electron chi connectivity index (χ0n) is 36.5. The average Bonchev–Trinajstić information content (AvgIpc) is 3.57. The molecule has 1 saturated heterocycles. The molecule has 0 bridgehead atoms. The van der Waals surface area contributed by atoms with Crippen LogP contribution in [-0.2, 0) is 29.1 Å². The van der Waals surface area contributed by atoms with E-state index in [4.69, 9.17) is 32.9 Å². The Balaban J connectivity index is 1.69. The number of nitriles is 1. The van der Waals surface area contributed by atoms with Gasteiger partial charge in [-0.3, -0.25) is 0 Å². The second-order valence-electron chi connectivity index (χ2n) is 15.7. The summed E-state index contributed by atoms with van der Waals surface area (Å²) in [6.07, 6.45) is -16.9. The number of methoxy groups -OCH3 is 2. The minimum absolute atomic E-state index is 0.187. The summed E-state index contributed by atoms with van der Waals surface area (Å²) in [5.74, 6) is -2.79. The van der Waals surface area contributed by atoms with Crippen LogP contribution in [0.1, 0.15) is 57.0 Å². The summed E-state index contributed by atoms with van der Waals surface area (Å²) in [7, 11) is -1.33.